The highest BCUT2D eigenvalue weighted by molar-refractivity contribution is 6.02. The number of hydrogen-bond donors (Lipinski definition) is 1. The predicted molar refractivity (Wildman–Crippen MR) is 112 cm³/mol. The minimum Gasteiger partial charge on any atom is -0.497 e. The van der Waals surface area contributed by atoms with Crippen LogP contribution in [0.1, 0.15) is 16.2 Å². The molecule has 7 heteroatoms. The molecule has 0 aliphatic heterocycles. The summed E-state index contributed by atoms with van der Waals surface area (Å²) in [5, 5.41) is 7.17. The predicted octanol–water partition coefficient (Wildman–Crippen LogP) is 4.64. The molecule has 0 aliphatic rings. The lowest BCUT2D eigenvalue weighted by molar-refractivity contribution is 0.101. The molecular formula is C23H19FN4O2. The van der Waals surface area contributed by atoms with E-state index in [0.29, 0.717) is 22.9 Å². The number of methoxy groups -OCH3 is 1. The Morgan fingerprint density at radius 1 is 1.03 bits per heavy atom. The summed E-state index contributed by atoms with van der Waals surface area (Å²) in [6, 6.07) is 20.6. The van der Waals surface area contributed by atoms with Crippen LogP contribution in [0.3, 0.4) is 0 Å². The zero-order chi connectivity index (χ0) is 21.1. The fraction of sp³-hybridized carbons (Fsp3) is 0.0870. The molecule has 150 valence electrons. The zero-order valence-corrected chi connectivity index (χ0v) is 16.5. The number of amides is 1. The Kier molecular flexibility index (Phi) is 5.26. The van der Waals surface area contributed by atoms with Gasteiger partial charge in [0.05, 0.1) is 12.8 Å². The van der Waals surface area contributed by atoms with E-state index >= 15 is 0 Å². The van der Waals surface area contributed by atoms with Crippen LogP contribution in [-0.4, -0.2) is 27.8 Å². The summed E-state index contributed by atoms with van der Waals surface area (Å²) >= 11 is 0. The van der Waals surface area contributed by atoms with Gasteiger partial charge < -0.3 is 10.1 Å². The van der Waals surface area contributed by atoms with Crippen molar-refractivity contribution in [2.45, 2.75) is 6.92 Å². The molecule has 0 saturated heterocycles. The standard InChI is InChI=1S/C23H19FN4O2/c1-15-5-3-6-16(13-15)22-26-21(27-28(22)19-11-9-17(24)10-12-19)23(29)25-18-7-4-8-20(14-18)30-2/h3-14H,1-2H3,(H,25,29). The summed E-state index contributed by atoms with van der Waals surface area (Å²) in [4.78, 5) is 17.3. The second-order valence-electron chi connectivity index (χ2n) is 6.70. The molecule has 0 fully saturated rings. The van der Waals surface area contributed by atoms with Gasteiger partial charge in [0.1, 0.15) is 11.6 Å². The lowest BCUT2D eigenvalue weighted by Crippen LogP contribution is -2.14. The molecule has 0 saturated carbocycles. The summed E-state index contributed by atoms with van der Waals surface area (Å²) in [5.41, 5.74) is 3.01. The maximum atomic E-state index is 13.4. The molecule has 0 spiro atoms. The number of hydrogen-bond acceptors (Lipinski definition) is 4. The molecule has 1 heterocycles. The molecule has 1 aromatic heterocycles. The number of halogens is 1. The number of benzene rings is 3. The number of nitrogens with zero attached hydrogens (tertiary/aromatic N) is 3. The van der Waals surface area contributed by atoms with Crippen LogP contribution in [0, 0.1) is 12.7 Å². The van der Waals surface area contributed by atoms with Gasteiger partial charge in [-0.25, -0.2) is 14.1 Å². The van der Waals surface area contributed by atoms with Gasteiger partial charge in [-0.15, -0.1) is 5.10 Å². The van der Waals surface area contributed by atoms with Gasteiger partial charge in [0.25, 0.3) is 5.91 Å². The first kappa shape index (κ1) is 19.3. The number of aryl methyl sites for hydroxylation is 1. The van der Waals surface area contributed by atoms with Gasteiger partial charge in [-0.05, 0) is 49.4 Å². The molecule has 0 radical (unpaired) electrons. The minimum absolute atomic E-state index is 0.00125. The third kappa shape index (κ3) is 4.05. The third-order valence-electron chi connectivity index (χ3n) is 4.49. The number of aromatic nitrogens is 3. The summed E-state index contributed by atoms with van der Waals surface area (Å²) in [6.45, 7) is 1.97. The van der Waals surface area contributed by atoms with Crippen molar-refractivity contribution >= 4 is 11.6 Å². The first-order valence-electron chi connectivity index (χ1n) is 9.29. The van der Waals surface area contributed by atoms with Gasteiger partial charge >= 0.3 is 0 Å². The van der Waals surface area contributed by atoms with E-state index in [2.05, 4.69) is 15.4 Å². The number of rotatable bonds is 5. The van der Waals surface area contributed by atoms with Gasteiger partial charge in [0, 0.05) is 17.3 Å². The maximum absolute atomic E-state index is 13.4. The quantitative estimate of drug-likeness (QED) is 0.528. The fourth-order valence-corrected chi connectivity index (χ4v) is 3.03. The van der Waals surface area contributed by atoms with Gasteiger partial charge in [-0.1, -0.05) is 29.8 Å². The Bertz CT molecular complexity index is 1200. The summed E-state index contributed by atoms with van der Waals surface area (Å²) < 4.78 is 20.1. The second kappa shape index (κ2) is 8.16. The van der Waals surface area contributed by atoms with E-state index in [1.165, 1.54) is 16.8 Å². The van der Waals surface area contributed by atoms with Crippen molar-refractivity contribution in [3.63, 3.8) is 0 Å². The van der Waals surface area contributed by atoms with Crippen molar-refractivity contribution in [1.29, 1.82) is 0 Å². The Hall–Kier alpha value is -4.00. The smallest absolute Gasteiger partial charge is 0.295 e. The van der Waals surface area contributed by atoms with Crippen molar-refractivity contribution in [1.82, 2.24) is 14.8 Å². The van der Waals surface area contributed by atoms with Crippen LogP contribution >= 0.6 is 0 Å². The number of nitrogens with one attached hydrogen (secondary N) is 1. The second-order valence-corrected chi connectivity index (χ2v) is 6.70. The zero-order valence-electron chi connectivity index (χ0n) is 16.5. The van der Waals surface area contributed by atoms with E-state index in [1.54, 1.807) is 43.5 Å². The molecule has 0 aliphatic carbocycles. The molecule has 4 aromatic rings. The van der Waals surface area contributed by atoms with Crippen LogP contribution < -0.4 is 10.1 Å². The molecule has 0 unspecified atom stereocenters. The highest BCUT2D eigenvalue weighted by Crippen LogP contribution is 2.23. The normalized spacial score (nSPS) is 10.6. The first-order valence-corrected chi connectivity index (χ1v) is 9.29. The van der Waals surface area contributed by atoms with Crippen LogP contribution in [-0.2, 0) is 0 Å². The van der Waals surface area contributed by atoms with Crippen molar-refractivity contribution in [2.24, 2.45) is 0 Å². The van der Waals surface area contributed by atoms with E-state index in [-0.39, 0.29) is 11.6 Å². The van der Waals surface area contributed by atoms with Crippen LogP contribution in [0.4, 0.5) is 10.1 Å². The highest BCUT2D eigenvalue weighted by atomic mass is 19.1. The van der Waals surface area contributed by atoms with Gasteiger partial charge in [0.2, 0.25) is 5.82 Å². The monoisotopic (exact) mass is 402 g/mol. The summed E-state index contributed by atoms with van der Waals surface area (Å²) in [6.07, 6.45) is 0. The average molecular weight is 402 g/mol. The fourth-order valence-electron chi connectivity index (χ4n) is 3.03. The Labute approximate surface area is 173 Å². The lowest BCUT2D eigenvalue weighted by atomic mass is 10.1. The lowest BCUT2D eigenvalue weighted by Gasteiger charge is -2.06. The topological polar surface area (TPSA) is 69.0 Å². The Morgan fingerprint density at radius 2 is 1.80 bits per heavy atom. The van der Waals surface area contributed by atoms with E-state index in [9.17, 15) is 9.18 Å². The van der Waals surface area contributed by atoms with Crippen molar-refractivity contribution in [3.8, 4) is 22.8 Å². The number of carbonyl (C=O) groups is 1. The Balaban J connectivity index is 1.74. The highest BCUT2D eigenvalue weighted by Gasteiger charge is 2.19. The van der Waals surface area contributed by atoms with Crippen LogP contribution in [0.15, 0.2) is 72.8 Å². The molecular weight excluding hydrogens is 383 g/mol. The van der Waals surface area contributed by atoms with Crippen molar-refractivity contribution < 1.29 is 13.9 Å². The van der Waals surface area contributed by atoms with Crippen LogP contribution in [0.2, 0.25) is 0 Å². The third-order valence-corrected chi connectivity index (χ3v) is 4.49. The molecule has 30 heavy (non-hydrogen) atoms. The molecule has 1 N–H and O–H groups in total. The van der Waals surface area contributed by atoms with Crippen LogP contribution in [0.25, 0.3) is 17.1 Å². The molecule has 0 atom stereocenters. The van der Waals surface area contributed by atoms with Crippen molar-refractivity contribution in [3.05, 3.63) is 90.0 Å². The number of ether oxygens (including phenoxy) is 1. The summed E-state index contributed by atoms with van der Waals surface area (Å²) in [7, 11) is 1.56. The minimum atomic E-state index is -0.460. The van der Waals surface area contributed by atoms with Gasteiger partial charge in [0.15, 0.2) is 5.82 Å². The largest absolute Gasteiger partial charge is 0.497 e. The van der Waals surface area contributed by atoms with E-state index < -0.39 is 5.91 Å². The van der Waals surface area contributed by atoms with Crippen molar-refractivity contribution in [2.75, 3.05) is 12.4 Å². The van der Waals surface area contributed by atoms with E-state index in [1.807, 2.05) is 31.2 Å². The molecule has 3 aromatic carbocycles. The van der Waals surface area contributed by atoms with Gasteiger partial charge in [-0.2, -0.15) is 0 Å². The number of anilines is 1. The van der Waals surface area contributed by atoms with E-state index in [4.69, 9.17) is 4.74 Å². The summed E-state index contributed by atoms with van der Waals surface area (Å²) in [5.74, 6) is 0.294. The average Bonchev–Trinajstić information content (AvgIpc) is 3.20. The number of carbonyl (C=O) groups excluding carboxylic acids is 1. The maximum Gasteiger partial charge on any atom is 0.295 e. The first-order chi connectivity index (χ1) is 14.5. The van der Waals surface area contributed by atoms with E-state index in [0.717, 1.165) is 11.1 Å². The SMILES string of the molecule is COc1cccc(NC(=O)c2nc(-c3cccc(C)c3)n(-c3ccc(F)cc3)n2)c1. The van der Waals surface area contributed by atoms with Gasteiger partial charge in [-0.3, -0.25) is 4.79 Å². The molecule has 0 bridgehead atoms. The molecule has 4 rings (SSSR count). The molecule has 6 nitrogen and oxygen atoms in total. The Morgan fingerprint density at radius 3 is 2.53 bits per heavy atom. The van der Waals surface area contributed by atoms with Crippen LogP contribution in [0.5, 0.6) is 5.75 Å². The molecule has 1 amide bonds.